The summed E-state index contributed by atoms with van der Waals surface area (Å²) >= 11 is 0. The van der Waals surface area contributed by atoms with E-state index in [4.69, 9.17) is 0 Å². The monoisotopic (exact) mass is 225 g/mol. The van der Waals surface area contributed by atoms with Gasteiger partial charge in [-0.2, -0.15) is 0 Å². The van der Waals surface area contributed by atoms with Gasteiger partial charge in [0.2, 0.25) is 0 Å². The Kier molecular flexibility index (Phi) is 4.62. The van der Waals surface area contributed by atoms with Crippen LogP contribution in [0.15, 0.2) is 0 Å². The molecule has 0 bridgehead atoms. The molecule has 0 aromatic heterocycles. The van der Waals surface area contributed by atoms with Crippen LogP contribution < -0.4 is 5.32 Å². The summed E-state index contributed by atoms with van der Waals surface area (Å²) in [5.74, 6) is 0. The Morgan fingerprint density at radius 1 is 1.19 bits per heavy atom. The molecule has 0 amide bonds. The fourth-order valence-electron chi connectivity index (χ4n) is 3.19. The highest BCUT2D eigenvalue weighted by molar-refractivity contribution is 4.85. The molecule has 16 heavy (non-hydrogen) atoms. The Bertz CT molecular complexity index is 199. The highest BCUT2D eigenvalue weighted by Gasteiger charge is 2.26. The van der Waals surface area contributed by atoms with Crippen LogP contribution >= 0.6 is 0 Å². The molecule has 1 heterocycles. The minimum atomic E-state index is 0.672. The van der Waals surface area contributed by atoms with Crippen LogP contribution in [0.5, 0.6) is 0 Å². The quantitative estimate of drug-likeness (QED) is 0.777. The molecule has 1 saturated heterocycles. The first-order valence-electron chi connectivity index (χ1n) is 6.88. The lowest BCUT2D eigenvalue weighted by Gasteiger charge is -2.41. The summed E-state index contributed by atoms with van der Waals surface area (Å²) in [6, 6.07) is 1.56. The van der Waals surface area contributed by atoms with Crippen molar-refractivity contribution in [1.82, 2.24) is 15.1 Å². The average Bonchev–Trinajstić information content (AvgIpc) is 2.30. The molecule has 0 aromatic carbocycles. The SMILES string of the molecule is CN(C)CC1CN(C2CCCCC2)CCN1. The summed E-state index contributed by atoms with van der Waals surface area (Å²) in [5.41, 5.74) is 0. The molecule has 94 valence electrons. The van der Waals surface area contributed by atoms with E-state index in [9.17, 15) is 0 Å². The maximum absolute atomic E-state index is 3.64. The molecule has 2 rings (SSSR count). The average molecular weight is 225 g/mol. The fourth-order valence-corrected chi connectivity index (χ4v) is 3.19. The van der Waals surface area contributed by atoms with Gasteiger partial charge in [0.05, 0.1) is 0 Å². The van der Waals surface area contributed by atoms with Crippen LogP contribution in [-0.4, -0.2) is 62.2 Å². The zero-order valence-corrected chi connectivity index (χ0v) is 10.9. The third-order valence-electron chi connectivity index (χ3n) is 3.96. The highest BCUT2D eigenvalue weighted by Crippen LogP contribution is 2.23. The van der Waals surface area contributed by atoms with E-state index in [0.717, 1.165) is 6.04 Å². The Morgan fingerprint density at radius 3 is 2.62 bits per heavy atom. The van der Waals surface area contributed by atoms with Crippen molar-refractivity contribution in [1.29, 1.82) is 0 Å². The normalized spacial score (nSPS) is 29.8. The molecule has 3 nitrogen and oxygen atoms in total. The molecular formula is C13H27N3. The molecule has 0 radical (unpaired) electrons. The molecule has 1 aliphatic carbocycles. The van der Waals surface area contributed by atoms with Gasteiger partial charge in [-0.05, 0) is 26.9 Å². The minimum Gasteiger partial charge on any atom is -0.310 e. The Labute approximate surface area is 100 Å². The van der Waals surface area contributed by atoms with E-state index in [2.05, 4.69) is 29.2 Å². The second-order valence-electron chi connectivity index (χ2n) is 5.70. The number of nitrogens with zero attached hydrogens (tertiary/aromatic N) is 2. The van der Waals surface area contributed by atoms with Gasteiger partial charge in [0.1, 0.15) is 0 Å². The van der Waals surface area contributed by atoms with E-state index in [-0.39, 0.29) is 0 Å². The third kappa shape index (κ3) is 3.44. The maximum Gasteiger partial charge on any atom is 0.0323 e. The van der Waals surface area contributed by atoms with Gasteiger partial charge in [-0.15, -0.1) is 0 Å². The van der Waals surface area contributed by atoms with Crippen LogP contribution in [0.1, 0.15) is 32.1 Å². The van der Waals surface area contributed by atoms with Crippen molar-refractivity contribution in [2.24, 2.45) is 0 Å². The molecule has 2 fully saturated rings. The molecule has 1 aliphatic heterocycles. The molecule has 1 saturated carbocycles. The van der Waals surface area contributed by atoms with Gasteiger partial charge in [-0.1, -0.05) is 19.3 Å². The van der Waals surface area contributed by atoms with Crippen LogP contribution in [0.4, 0.5) is 0 Å². The van der Waals surface area contributed by atoms with Gasteiger partial charge in [0, 0.05) is 38.3 Å². The van der Waals surface area contributed by atoms with Crippen molar-refractivity contribution in [3.63, 3.8) is 0 Å². The first kappa shape index (κ1) is 12.3. The zero-order chi connectivity index (χ0) is 11.4. The number of rotatable bonds is 3. The summed E-state index contributed by atoms with van der Waals surface area (Å²) in [4.78, 5) is 5.03. The summed E-state index contributed by atoms with van der Waals surface area (Å²) in [6.07, 6.45) is 7.24. The standard InChI is InChI=1S/C13H27N3/c1-15(2)10-12-11-16(9-8-14-12)13-6-4-3-5-7-13/h12-14H,3-11H2,1-2H3. The van der Waals surface area contributed by atoms with Crippen LogP contribution in [-0.2, 0) is 0 Å². The van der Waals surface area contributed by atoms with Gasteiger partial charge in [0.25, 0.3) is 0 Å². The van der Waals surface area contributed by atoms with Crippen LogP contribution in [0.2, 0.25) is 0 Å². The van der Waals surface area contributed by atoms with E-state index in [1.54, 1.807) is 0 Å². The van der Waals surface area contributed by atoms with Crippen LogP contribution in [0, 0.1) is 0 Å². The molecule has 1 unspecified atom stereocenters. The molecule has 1 atom stereocenters. The second-order valence-corrected chi connectivity index (χ2v) is 5.70. The number of likely N-dealkylation sites (N-methyl/N-ethyl adjacent to an activating group) is 1. The van der Waals surface area contributed by atoms with E-state index < -0.39 is 0 Å². The van der Waals surface area contributed by atoms with Crippen molar-refractivity contribution in [3.05, 3.63) is 0 Å². The van der Waals surface area contributed by atoms with E-state index >= 15 is 0 Å². The van der Waals surface area contributed by atoms with Gasteiger partial charge >= 0.3 is 0 Å². The van der Waals surface area contributed by atoms with Gasteiger partial charge in [-0.3, -0.25) is 4.90 Å². The van der Waals surface area contributed by atoms with Crippen LogP contribution in [0.25, 0.3) is 0 Å². The van der Waals surface area contributed by atoms with Gasteiger partial charge < -0.3 is 10.2 Å². The molecule has 3 heteroatoms. The maximum atomic E-state index is 3.64. The number of piperazine rings is 1. The van der Waals surface area contributed by atoms with Crippen molar-refractivity contribution >= 4 is 0 Å². The van der Waals surface area contributed by atoms with Crippen LogP contribution in [0.3, 0.4) is 0 Å². The largest absolute Gasteiger partial charge is 0.310 e. The topological polar surface area (TPSA) is 18.5 Å². The van der Waals surface area contributed by atoms with Crippen molar-refractivity contribution in [2.45, 2.75) is 44.2 Å². The van der Waals surface area contributed by atoms with E-state index in [1.807, 2.05) is 0 Å². The second kappa shape index (κ2) is 5.99. The summed E-state index contributed by atoms with van der Waals surface area (Å²) in [7, 11) is 4.34. The molecule has 2 aliphatic rings. The third-order valence-corrected chi connectivity index (χ3v) is 3.96. The molecule has 1 N–H and O–H groups in total. The molecule has 0 aromatic rings. The van der Waals surface area contributed by atoms with Crippen molar-refractivity contribution in [2.75, 3.05) is 40.3 Å². The highest BCUT2D eigenvalue weighted by atomic mass is 15.2. The predicted molar refractivity (Wildman–Crippen MR) is 68.8 cm³/mol. The zero-order valence-electron chi connectivity index (χ0n) is 10.9. The van der Waals surface area contributed by atoms with Gasteiger partial charge in [0.15, 0.2) is 0 Å². The van der Waals surface area contributed by atoms with E-state index in [0.29, 0.717) is 6.04 Å². The predicted octanol–water partition coefficient (Wildman–Crippen LogP) is 1.15. The fraction of sp³-hybridized carbons (Fsp3) is 1.00. The smallest absolute Gasteiger partial charge is 0.0323 e. The first-order valence-corrected chi connectivity index (χ1v) is 6.88. The van der Waals surface area contributed by atoms with E-state index in [1.165, 1.54) is 58.3 Å². The van der Waals surface area contributed by atoms with Crippen molar-refractivity contribution in [3.8, 4) is 0 Å². The van der Waals surface area contributed by atoms with Crippen molar-refractivity contribution < 1.29 is 0 Å². The Balaban J connectivity index is 1.80. The number of hydrogen-bond acceptors (Lipinski definition) is 3. The Morgan fingerprint density at radius 2 is 1.94 bits per heavy atom. The summed E-state index contributed by atoms with van der Waals surface area (Å²) < 4.78 is 0. The summed E-state index contributed by atoms with van der Waals surface area (Å²) in [6.45, 7) is 4.86. The lowest BCUT2D eigenvalue weighted by Crippen LogP contribution is -2.57. The lowest BCUT2D eigenvalue weighted by atomic mass is 9.93. The Hall–Kier alpha value is -0.120. The molecule has 0 spiro atoms. The lowest BCUT2D eigenvalue weighted by molar-refractivity contribution is 0.107. The summed E-state index contributed by atoms with van der Waals surface area (Å²) in [5, 5.41) is 3.64. The number of hydrogen-bond donors (Lipinski definition) is 1. The van der Waals surface area contributed by atoms with Gasteiger partial charge in [-0.25, -0.2) is 0 Å². The minimum absolute atomic E-state index is 0.672. The number of nitrogens with one attached hydrogen (secondary N) is 1. The first-order chi connectivity index (χ1) is 7.75. The molecular weight excluding hydrogens is 198 g/mol.